The second-order valence-corrected chi connectivity index (χ2v) is 4.56. The number of carbonyl (C=O) groups is 1. The van der Waals surface area contributed by atoms with Crippen molar-refractivity contribution in [3.8, 4) is 11.1 Å². The minimum atomic E-state index is 0.449. The molecule has 0 atom stereocenters. The molecule has 0 aliphatic heterocycles. The van der Waals surface area contributed by atoms with Crippen LogP contribution >= 0.6 is 0 Å². The van der Waals surface area contributed by atoms with Crippen LogP contribution in [0.3, 0.4) is 0 Å². The van der Waals surface area contributed by atoms with Gasteiger partial charge in [0.25, 0.3) is 0 Å². The summed E-state index contributed by atoms with van der Waals surface area (Å²) in [7, 11) is 1.63. The molecule has 0 fully saturated rings. The van der Waals surface area contributed by atoms with Gasteiger partial charge in [0.2, 0.25) is 0 Å². The van der Waals surface area contributed by atoms with E-state index in [4.69, 9.17) is 10.5 Å². The summed E-state index contributed by atoms with van der Waals surface area (Å²) in [5.74, 6) is 0. The van der Waals surface area contributed by atoms with E-state index in [2.05, 4.69) is 0 Å². The Labute approximate surface area is 113 Å². The molecule has 0 bridgehead atoms. The van der Waals surface area contributed by atoms with Crippen LogP contribution in [0.5, 0.6) is 0 Å². The van der Waals surface area contributed by atoms with Crippen LogP contribution in [-0.4, -0.2) is 13.4 Å². The molecule has 2 rings (SSSR count). The summed E-state index contributed by atoms with van der Waals surface area (Å²) in [5.41, 5.74) is 11.5. The first-order chi connectivity index (χ1) is 9.15. The molecule has 0 amide bonds. The molecule has 0 saturated carbocycles. The van der Waals surface area contributed by atoms with E-state index in [0.29, 0.717) is 12.2 Å². The fourth-order valence-corrected chi connectivity index (χ4v) is 2.15. The topological polar surface area (TPSA) is 52.3 Å². The van der Waals surface area contributed by atoms with E-state index >= 15 is 0 Å². The van der Waals surface area contributed by atoms with Crippen LogP contribution in [0, 0.1) is 6.92 Å². The molecule has 0 radical (unpaired) electrons. The average molecular weight is 255 g/mol. The van der Waals surface area contributed by atoms with E-state index in [0.717, 1.165) is 34.2 Å². The van der Waals surface area contributed by atoms with Gasteiger partial charge in [0.1, 0.15) is 6.29 Å². The van der Waals surface area contributed by atoms with Gasteiger partial charge in [-0.25, -0.2) is 0 Å². The van der Waals surface area contributed by atoms with Gasteiger partial charge in [0.05, 0.1) is 6.61 Å². The van der Waals surface area contributed by atoms with Gasteiger partial charge >= 0.3 is 0 Å². The van der Waals surface area contributed by atoms with Gasteiger partial charge < -0.3 is 10.5 Å². The van der Waals surface area contributed by atoms with Crippen LogP contribution in [0.1, 0.15) is 21.5 Å². The Balaban J connectivity index is 2.56. The van der Waals surface area contributed by atoms with E-state index in [1.54, 1.807) is 13.2 Å². The number of hydrogen-bond donors (Lipinski definition) is 1. The third-order valence-electron chi connectivity index (χ3n) is 3.06. The molecule has 2 aromatic carbocycles. The van der Waals surface area contributed by atoms with Crippen molar-refractivity contribution < 1.29 is 9.53 Å². The highest BCUT2D eigenvalue weighted by Crippen LogP contribution is 2.30. The van der Waals surface area contributed by atoms with Crippen LogP contribution in [0.15, 0.2) is 36.4 Å². The maximum Gasteiger partial charge on any atom is 0.150 e. The number of methoxy groups -OCH3 is 1. The number of benzene rings is 2. The van der Waals surface area contributed by atoms with E-state index < -0.39 is 0 Å². The van der Waals surface area contributed by atoms with Crippen molar-refractivity contribution in [2.75, 3.05) is 12.8 Å². The largest absolute Gasteiger partial charge is 0.398 e. The van der Waals surface area contributed by atoms with Crippen LogP contribution in [0.25, 0.3) is 11.1 Å². The lowest BCUT2D eigenvalue weighted by atomic mass is 9.96. The molecule has 3 heteroatoms. The van der Waals surface area contributed by atoms with Crippen LogP contribution in [-0.2, 0) is 11.3 Å². The molecule has 98 valence electrons. The highest BCUT2D eigenvalue weighted by Gasteiger charge is 2.09. The van der Waals surface area contributed by atoms with E-state index in [1.165, 1.54) is 0 Å². The maximum atomic E-state index is 10.9. The smallest absolute Gasteiger partial charge is 0.150 e. The zero-order valence-corrected chi connectivity index (χ0v) is 11.1. The second-order valence-electron chi connectivity index (χ2n) is 4.56. The Bertz CT molecular complexity index is 606. The third-order valence-corrected chi connectivity index (χ3v) is 3.06. The SMILES string of the molecule is COCc1cc(C=O)ccc1-c1ccc(C)cc1N. The van der Waals surface area contributed by atoms with Crippen molar-refractivity contribution in [3.63, 3.8) is 0 Å². The number of nitrogens with two attached hydrogens (primary N) is 1. The van der Waals surface area contributed by atoms with Gasteiger partial charge in [-0.05, 0) is 35.7 Å². The Kier molecular flexibility index (Phi) is 3.97. The predicted molar refractivity (Wildman–Crippen MR) is 77.1 cm³/mol. The summed E-state index contributed by atoms with van der Waals surface area (Å²) >= 11 is 0. The molecule has 0 spiro atoms. The molecule has 0 heterocycles. The summed E-state index contributed by atoms with van der Waals surface area (Å²) in [6.45, 7) is 2.45. The van der Waals surface area contributed by atoms with Crippen LogP contribution < -0.4 is 5.73 Å². The summed E-state index contributed by atoms with van der Waals surface area (Å²) < 4.78 is 5.20. The predicted octanol–water partition coefficient (Wildman–Crippen LogP) is 3.20. The quantitative estimate of drug-likeness (QED) is 0.674. The Morgan fingerprint density at radius 3 is 2.53 bits per heavy atom. The first kappa shape index (κ1) is 13.3. The lowest BCUT2D eigenvalue weighted by molar-refractivity contribution is 0.112. The van der Waals surface area contributed by atoms with Gasteiger partial charge in [-0.2, -0.15) is 0 Å². The molecule has 0 aromatic heterocycles. The van der Waals surface area contributed by atoms with E-state index in [-0.39, 0.29) is 0 Å². The van der Waals surface area contributed by atoms with Crippen LogP contribution in [0.2, 0.25) is 0 Å². The van der Waals surface area contributed by atoms with Crippen molar-refractivity contribution in [3.05, 3.63) is 53.1 Å². The van der Waals surface area contributed by atoms with Gasteiger partial charge in [-0.3, -0.25) is 4.79 Å². The first-order valence-corrected chi connectivity index (χ1v) is 6.09. The fraction of sp³-hybridized carbons (Fsp3) is 0.188. The molecule has 19 heavy (non-hydrogen) atoms. The van der Waals surface area contributed by atoms with Crippen molar-refractivity contribution in [2.45, 2.75) is 13.5 Å². The number of rotatable bonds is 4. The van der Waals surface area contributed by atoms with Gasteiger partial charge in [-0.15, -0.1) is 0 Å². The lowest BCUT2D eigenvalue weighted by Gasteiger charge is -2.12. The van der Waals surface area contributed by atoms with Crippen molar-refractivity contribution >= 4 is 12.0 Å². The molecule has 2 N–H and O–H groups in total. The highest BCUT2D eigenvalue weighted by molar-refractivity contribution is 5.82. The van der Waals surface area contributed by atoms with E-state index in [9.17, 15) is 4.79 Å². The molecule has 0 aliphatic carbocycles. The van der Waals surface area contributed by atoms with Crippen molar-refractivity contribution in [2.24, 2.45) is 0 Å². The molecular weight excluding hydrogens is 238 g/mol. The molecule has 3 nitrogen and oxygen atoms in total. The highest BCUT2D eigenvalue weighted by atomic mass is 16.5. The summed E-state index contributed by atoms with van der Waals surface area (Å²) in [6, 6.07) is 11.5. The number of nitrogen functional groups attached to an aromatic ring is 1. The Hall–Kier alpha value is -2.13. The zero-order chi connectivity index (χ0) is 13.8. The molecule has 0 saturated heterocycles. The maximum absolute atomic E-state index is 10.9. The first-order valence-electron chi connectivity index (χ1n) is 6.09. The Morgan fingerprint density at radius 2 is 1.89 bits per heavy atom. The van der Waals surface area contributed by atoms with Crippen molar-refractivity contribution in [1.82, 2.24) is 0 Å². The fourth-order valence-electron chi connectivity index (χ4n) is 2.15. The lowest BCUT2D eigenvalue weighted by Crippen LogP contribution is -1.97. The van der Waals surface area contributed by atoms with Crippen LogP contribution in [0.4, 0.5) is 5.69 Å². The average Bonchev–Trinajstić information content (AvgIpc) is 2.40. The zero-order valence-electron chi connectivity index (χ0n) is 11.1. The summed E-state index contributed by atoms with van der Waals surface area (Å²) in [5, 5.41) is 0. The number of carbonyl (C=O) groups excluding carboxylic acids is 1. The van der Waals surface area contributed by atoms with Crippen molar-refractivity contribution in [1.29, 1.82) is 0 Å². The number of aldehydes is 1. The molecular formula is C16H17NO2. The molecule has 0 aliphatic rings. The third kappa shape index (κ3) is 2.83. The number of hydrogen-bond acceptors (Lipinski definition) is 3. The number of aryl methyl sites for hydroxylation is 1. The number of ether oxygens (including phenoxy) is 1. The minimum Gasteiger partial charge on any atom is -0.398 e. The monoisotopic (exact) mass is 255 g/mol. The Morgan fingerprint density at radius 1 is 1.16 bits per heavy atom. The summed E-state index contributed by atoms with van der Waals surface area (Å²) in [6.07, 6.45) is 0.835. The summed E-state index contributed by atoms with van der Waals surface area (Å²) in [4.78, 5) is 10.9. The normalized spacial score (nSPS) is 10.4. The van der Waals surface area contributed by atoms with Gasteiger partial charge in [-0.1, -0.05) is 24.3 Å². The van der Waals surface area contributed by atoms with Gasteiger partial charge in [0, 0.05) is 23.9 Å². The molecule has 2 aromatic rings. The number of anilines is 1. The molecule has 0 unspecified atom stereocenters. The van der Waals surface area contributed by atoms with Gasteiger partial charge in [0.15, 0.2) is 0 Å². The second kappa shape index (κ2) is 5.67. The van der Waals surface area contributed by atoms with E-state index in [1.807, 2.05) is 37.3 Å². The minimum absolute atomic E-state index is 0.449. The standard InChI is InChI=1S/C16H17NO2/c1-11-3-5-15(16(17)7-11)14-6-4-12(9-18)8-13(14)10-19-2/h3-9H,10,17H2,1-2H3.